The van der Waals surface area contributed by atoms with Crippen molar-refractivity contribution in [3.63, 3.8) is 0 Å². The molecule has 0 fully saturated rings. The van der Waals surface area contributed by atoms with Crippen LogP contribution in [0.15, 0.2) is 12.1 Å². The SMILES string of the molecule is CN(C)CCCN(C)c1cc(Cl)c(F)cc1N. The third-order valence-corrected chi connectivity index (χ3v) is 2.87. The molecular weight excluding hydrogens is 241 g/mol. The fraction of sp³-hybridized carbons (Fsp3) is 0.500. The molecule has 0 aliphatic carbocycles. The Bertz CT molecular complexity index is 382. The summed E-state index contributed by atoms with van der Waals surface area (Å²) in [4.78, 5) is 4.11. The smallest absolute Gasteiger partial charge is 0.143 e. The highest BCUT2D eigenvalue weighted by atomic mass is 35.5. The fourth-order valence-electron chi connectivity index (χ4n) is 1.63. The lowest BCUT2D eigenvalue weighted by molar-refractivity contribution is 0.402. The summed E-state index contributed by atoms with van der Waals surface area (Å²) in [6.07, 6.45) is 1.01. The Labute approximate surface area is 107 Å². The third kappa shape index (κ3) is 4.06. The summed E-state index contributed by atoms with van der Waals surface area (Å²) >= 11 is 5.75. The zero-order valence-corrected chi connectivity index (χ0v) is 11.3. The number of rotatable bonds is 5. The van der Waals surface area contributed by atoms with Crippen LogP contribution in [0.3, 0.4) is 0 Å². The van der Waals surface area contributed by atoms with Crippen molar-refractivity contribution in [2.75, 3.05) is 44.9 Å². The van der Waals surface area contributed by atoms with Crippen molar-refractivity contribution >= 4 is 23.0 Å². The normalized spacial score (nSPS) is 10.9. The first kappa shape index (κ1) is 14.1. The van der Waals surface area contributed by atoms with E-state index in [2.05, 4.69) is 4.90 Å². The zero-order chi connectivity index (χ0) is 13.0. The van der Waals surface area contributed by atoms with E-state index in [1.165, 1.54) is 6.07 Å². The molecule has 0 unspecified atom stereocenters. The molecule has 1 aromatic carbocycles. The average Bonchev–Trinajstić information content (AvgIpc) is 2.22. The number of nitrogens with two attached hydrogens (primary N) is 1. The molecule has 0 amide bonds. The summed E-state index contributed by atoms with van der Waals surface area (Å²) in [5, 5.41) is 0.105. The van der Waals surface area contributed by atoms with Crippen LogP contribution in [0, 0.1) is 5.82 Å². The molecule has 0 atom stereocenters. The number of nitrogen functional groups attached to an aromatic ring is 1. The Morgan fingerprint density at radius 1 is 1.24 bits per heavy atom. The van der Waals surface area contributed by atoms with Crippen LogP contribution in [-0.4, -0.2) is 39.1 Å². The van der Waals surface area contributed by atoms with E-state index in [1.54, 1.807) is 6.07 Å². The Morgan fingerprint density at radius 3 is 2.47 bits per heavy atom. The van der Waals surface area contributed by atoms with Crippen LogP contribution in [0.25, 0.3) is 0 Å². The van der Waals surface area contributed by atoms with Crippen molar-refractivity contribution in [2.24, 2.45) is 0 Å². The number of benzene rings is 1. The molecule has 0 heterocycles. The summed E-state index contributed by atoms with van der Waals surface area (Å²) in [6.45, 7) is 1.85. The molecule has 2 N–H and O–H groups in total. The van der Waals surface area contributed by atoms with Gasteiger partial charge in [0.2, 0.25) is 0 Å². The van der Waals surface area contributed by atoms with E-state index >= 15 is 0 Å². The standard InChI is InChI=1S/C12H19ClFN3/c1-16(2)5-4-6-17(3)12-7-9(13)10(14)8-11(12)15/h7-8H,4-6,15H2,1-3H3. The van der Waals surface area contributed by atoms with Gasteiger partial charge in [-0.05, 0) is 33.1 Å². The van der Waals surface area contributed by atoms with Crippen molar-refractivity contribution in [2.45, 2.75) is 6.42 Å². The molecule has 0 saturated carbocycles. The lowest BCUT2D eigenvalue weighted by Crippen LogP contribution is -2.24. The second-order valence-electron chi connectivity index (χ2n) is 4.40. The monoisotopic (exact) mass is 259 g/mol. The molecule has 0 spiro atoms. The van der Waals surface area contributed by atoms with Gasteiger partial charge in [-0.25, -0.2) is 4.39 Å². The topological polar surface area (TPSA) is 32.5 Å². The predicted octanol–water partition coefficient (Wildman–Crippen LogP) is 2.45. The largest absolute Gasteiger partial charge is 0.397 e. The van der Waals surface area contributed by atoms with Crippen molar-refractivity contribution in [1.82, 2.24) is 4.90 Å². The molecule has 0 saturated heterocycles. The maximum absolute atomic E-state index is 13.1. The van der Waals surface area contributed by atoms with E-state index in [0.717, 1.165) is 25.2 Å². The van der Waals surface area contributed by atoms with Crippen LogP contribution in [0.4, 0.5) is 15.8 Å². The molecule has 96 valence electrons. The van der Waals surface area contributed by atoms with E-state index in [1.807, 2.05) is 26.0 Å². The first-order valence-electron chi connectivity index (χ1n) is 5.52. The van der Waals surface area contributed by atoms with Crippen LogP contribution in [-0.2, 0) is 0 Å². The highest BCUT2D eigenvalue weighted by Crippen LogP contribution is 2.28. The van der Waals surface area contributed by atoms with Crippen molar-refractivity contribution < 1.29 is 4.39 Å². The van der Waals surface area contributed by atoms with E-state index in [4.69, 9.17) is 17.3 Å². The lowest BCUT2D eigenvalue weighted by Gasteiger charge is -2.22. The van der Waals surface area contributed by atoms with E-state index in [9.17, 15) is 4.39 Å². The third-order valence-electron chi connectivity index (χ3n) is 2.58. The summed E-state index contributed by atoms with van der Waals surface area (Å²) < 4.78 is 13.1. The second kappa shape index (κ2) is 6.07. The molecule has 0 aromatic heterocycles. The van der Waals surface area contributed by atoms with Gasteiger partial charge in [0.25, 0.3) is 0 Å². The maximum Gasteiger partial charge on any atom is 0.143 e. The number of nitrogens with zero attached hydrogens (tertiary/aromatic N) is 2. The minimum Gasteiger partial charge on any atom is -0.397 e. The van der Waals surface area contributed by atoms with E-state index in [-0.39, 0.29) is 5.02 Å². The number of halogens is 2. The minimum atomic E-state index is -0.477. The summed E-state index contributed by atoms with van der Waals surface area (Å²) in [6, 6.07) is 2.84. The number of hydrogen-bond donors (Lipinski definition) is 1. The zero-order valence-electron chi connectivity index (χ0n) is 10.5. The van der Waals surface area contributed by atoms with E-state index in [0.29, 0.717) is 5.69 Å². The number of hydrogen-bond acceptors (Lipinski definition) is 3. The van der Waals surface area contributed by atoms with Crippen LogP contribution in [0.5, 0.6) is 0 Å². The highest BCUT2D eigenvalue weighted by Gasteiger charge is 2.09. The van der Waals surface area contributed by atoms with Gasteiger partial charge >= 0.3 is 0 Å². The van der Waals surface area contributed by atoms with Crippen molar-refractivity contribution in [1.29, 1.82) is 0 Å². The summed E-state index contributed by atoms with van der Waals surface area (Å²) in [5.74, 6) is -0.477. The predicted molar refractivity (Wildman–Crippen MR) is 72.3 cm³/mol. The Hall–Kier alpha value is -1.00. The van der Waals surface area contributed by atoms with Gasteiger partial charge in [-0.2, -0.15) is 0 Å². The van der Waals surface area contributed by atoms with Crippen molar-refractivity contribution in [3.05, 3.63) is 23.0 Å². The van der Waals surface area contributed by atoms with Crippen LogP contribution in [0.1, 0.15) is 6.42 Å². The Kier molecular flexibility index (Phi) is 5.02. The summed E-state index contributed by atoms with van der Waals surface area (Å²) in [5.41, 5.74) is 6.96. The van der Waals surface area contributed by atoms with Gasteiger partial charge in [0.15, 0.2) is 0 Å². The Morgan fingerprint density at radius 2 is 1.88 bits per heavy atom. The molecule has 17 heavy (non-hydrogen) atoms. The average molecular weight is 260 g/mol. The molecule has 0 radical (unpaired) electrons. The molecule has 0 bridgehead atoms. The molecule has 3 nitrogen and oxygen atoms in total. The van der Waals surface area contributed by atoms with Crippen LogP contribution in [0.2, 0.25) is 5.02 Å². The van der Waals surface area contributed by atoms with Gasteiger partial charge in [0.05, 0.1) is 16.4 Å². The van der Waals surface area contributed by atoms with Crippen LogP contribution < -0.4 is 10.6 Å². The lowest BCUT2D eigenvalue weighted by atomic mass is 10.2. The molecule has 1 aromatic rings. The first-order chi connectivity index (χ1) is 7.91. The van der Waals surface area contributed by atoms with Crippen LogP contribution >= 0.6 is 11.6 Å². The van der Waals surface area contributed by atoms with E-state index < -0.39 is 5.82 Å². The molecule has 1 rings (SSSR count). The second-order valence-corrected chi connectivity index (χ2v) is 4.81. The maximum atomic E-state index is 13.1. The molecule has 0 aliphatic rings. The Balaban J connectivity index is 2.68. The van der Waals surface area contributed by atoms with Crippen molar-refractivity contribution in [3.8, 4) is 0 Å². The van der Waals surface area contributed by atoms with Gasteiger partial charge in [0, 0.05) is 19.7 Å². The van der Waals surface area contributed by atoms with Gasteiger partial charge in [-0.3, -0.25) is 0 Å². The fourth-order valence-corrected chi connectivity index (χ4v) is 1.78. The molecular formula is C12H19ClFN3. The highest BCUT2D eigenvalue weighted by molar-refractivity contribution is 6.31. The molecule has 5 heteroatoms. The quantitative estimate of drug-likeness (QED) is 0.825. The minimum absolute atomic E-state index is 0.105. The van der Waals surface area contributed by atoms with Gasteiger partial charge in [0.1, 0.15) is 5.82 Å². The van der Waals surface area contributed by atoms with Gasteiger partial charge < -0.3 is 15.5 Å². The molecule has 0 aliphatic heterocycles. The first-order valence-corrected chi connectivity index (χ1v) is 5.90. The number of anilines is 2. The summed E-state index contributed by atoms with van der Waals surface area (Å²) in [7, 11) is 5.99. The van der Waals surface area contributed by atoms with Gasteiger partial charge in [-0.1, -0.05) is 11.6 Å². The van der Waals surface area contributed by atoms with Gasteiger partial charge in [-0.15, -0.1) is 0 Å².